The Hall–Kier alpha value is -1.38. The number of hydrogen-bond acceptors (Lipinski definition) is 3. The predicted molar refractivity (Wildman–Crippen MR) is 106 cm³/mol. The Labute approximate surface area is 156 Å². The number of aryl methyl sites for hydroxylation is 1. The number of nitrogens with one attached hydrogen (secondary N) is 3. The van der Waals surface area contributed by atoms with E-state index in [9.17, 15) is 4.79 Å². The molecule has 0 aliphatic carbocycles. The van der Waals surface area contributed by atoms with Crippen molar-refractivity contribution in [2.45, 2.75) is 33.6 Å². The van der Waals surface area contributed by atoms with Crippen molar-refractivity contribution in [2.24, 2.45) is 10.9 Å². The van der Waals surface area contributed by atoms with Crippen LogP contribution < -0.4 is 16.0 Å². The minimum Gasteiger partial charge on any atom is -0.356 e. The van der Waals surface area contributed by atoms with E-state index in [1.807, 2.05) is 13.0 Å². The van der Waals surface area contributed by atoms with Gasteiger partial charge in [-0.05, 0) is 30.9 Å². The van der Waals surface area contributed by atoms with E-state index in [1.165, 1.54) is 0 Å². The van der Waals surface area contributed by atoms with Crippen LogP contribution in [0.3, 0.4) is 0 Å². The van der Waals surface area contributed by atoms with Crippen LogP contribution in [0.4, 0.5) is 5.82 Å². The lowest BCUT2D eigenvalue weighted by atomic mass is 10.1. The Morgan fingerprint density at radius 3 is 2.52 bits per heavy atom. The zero-order valence-electron chi connectivity index (χ0n) is 14.3. The first kappa shape index (κ1) is 21.6. The second kappa shape index (κ2) is 12.1. The number of nitrogens with zero attached hydrogens (tertiary/aromatic N) is 2. The smallest absolute Gasteiger partial charge is 0.227 e. The van der Waals surface area contributed by atoms with Crippen LogP contribution in [0.25, 0.3) is 0 Å². The first-order valence-electron chi connectivity index (χ1n) is 7.68. The van der Waals surface area contributed by atoms with Crippen molar-refractivity contribution < 1.29 is 4.79 Å². The van der Waals surface area contributed by atoms with Crippen molar-refractivity contribution in [2.75, 3.05) is 25.5 Å². The Morgan fingerprint density at radius 2 is 1.96 bits per heavy atom. The van der Waals surface area contributed by atoms with Gasteiger partial charge in [0.2, 0.25) is 5.91 Å². The van der Waals surface area contributed by atoms with E-state index in [1.54, 1.807) is 19.3 Å². The van der Waals surface area contributed by atoms with Gasteiger partial charge >= 0.3 is 0 Å². The van der Waals surface area contributed by atoms with E-state index in [-0.39, 0.29) is 29.9 Å². The van der Waals surface area contributed by atoms with E-state index >= 15 is 0 Å². The van der Waals surface area contributed by atoms with Gasteiger partial charge < -0.3 is 16.0 Å². The minimum absolute atomic E-state index is 0. The second-order valence-corrected chi connectivity index (χ2v) is 5.63. The standard InChI is InChI=1S/C16H27N5O.HI/c1-12(2)7-9-18-16(17-4)19-10-8-15(22)21-14-6-5-13(3)11-20-14;/h5-6,11-12H,7-10H2,1-4H3,(H2,17,18,19)(H,20,21,22);1H. The maximum absolute atomic E-state index is 11.8. The average Bonchev–Trinajstić information content (AvgIpc) is 2.47. The molecular formula is C16H28IN5O. The summed E-state index contributed by atoms with van der Waals surface area (Å²) >= 11 is 0. The van der Waals surface area contributed by atoms with E-state index < -0.39 is 0 Å². The highest BCUT2D eigenvalue weighted by Crippen LogP contribution is 2.03. The molecule has 23 heavy (non-hydrogen) atoms. The highest BCUT2D eigenvalue weighted by molar-refractivity contribution is 14.0. The lowest BCUT2D eigenvalue weighted by Gasteiger charge is -2.12. The summed E-state index contributed by atoms with van der Waals surface area (Å²) in [6, 6.07) is 3.72. The number of anilines is 1. The summed E-state index contributed by atoms with van der Waals surface area (Å²) in [4.78, 5) is 20.1. The number of rotatable bonds is 7. The highest BCUT2D eigenvalue weighted by atomic mass is 127. The maximum Gasteiger partial charge on any atom is 0.227 e. The fourth-order valence-corrected chi connectivity index (χ4v) is 1.74. The van der Waals surface area contributed by atoms with Crippen molar-refractivity contribution in [1.29, 1.82) is 0 Å². The number of amides is 1. The topological polar surface area (TPSA) is 78.4 Å². The third-order valence-corrected chi connectivity index (χ3v) is 3.06. The first-order chi connectivity index (χ1) is 10.5. The summed E-state index contributed by atoms with van der Waals surface area (Å²) in [5.74, 6) is 1.89. The number of aromatic nitrogens is 1. The van der Waals surface area contributed by atoms with E-state index in [0.29, 0.717) is 24.7 Å². The summed E-state index contributed by atoms with van der Waals surface area (Å²) in [6.07, 6.45) is 3.18. The lowest BCUT2D eigenvalue weighted by Crippen LogP contribution is -2.39. The number of hydrogen-bond donors (Lipinski definition) is 3. The number of guanidine groups is 1. The number of halogens is 1. The van der Waals surface area contributed by atoms with Gasteiger partial charge in [-0.25, -0.2) is 4.98 Å². The molecule has 0 aliphatic heterocycles. The van der Waals surface area contributed by atoms with Crippen molar-refractivity contribution in [3.8, 4) is 0 Å². The lowest BCUT2D eigenvalue weighted by molar-refractivity contribution is -0.116. The van der Waals surface area contributed by atoms with Gasteiger partial charge in [-0.15, -0.1) is 24.0 Å². The van der Waals surface area contributed by atoms with E-state index in [0.717, 1.165) is 24.5 Å². The Bertz CT molecular complexity index is 488. The number of carbonyl (C=O) groups excluding carboxylic acids is 1. The molecule has 3 N–H and O–H groups in total. The molecule has 6 nitrogen and oxygen atoms in total. The number of pyridine rings is 1. The van der Waals surface area contributed by atoms with Crippen LogP contribution in [0.2, 0.25) is 0 Å². The van der Waals surface area contributed by atoms with E-state index in [4.69, 9.17) is 0 Å². The van der Waals surface area contributed by atoms with Crippen LogP contribution in [0, 0.1) is 12.8 Å². The largest absolute Gasteiger partial charge is 0.356 e. The molecule has 1 amide bonds. The van der Waals surface area contributed by atoms with Gasteiger partial charge in [0.15, 0.2) is 5.96 Å². The van der Waals surface area contributed by atoms with Gasteiger partial charge in [-0.1, -0.05) is 19.9 Å². The summed E-state index contributed by atoms with van der Waals surface area (Å²) in [5, 5.41) is 9.12. The second-order valence-electron chi connectivity index (χ2n) is 5.63. The molecule has 1 aromatic rings. The van der Waals surface area contributed by atoms with Crippen molar-refractivity contribution >= 4 is 41.7 Å². The molecule has 0 atom stereocenters. The zero-order valence-corrected chi connectivity index (χ0v) is 16.7. The quantitative estimate of drug-likeness (QED) is 0.351. The normalized spacial score (nSPS) is 10.9. The summed E-state index contributed by atoms with van der Waals surface area (Å²) in [7, 11) is 1.72. The monoisotopic (exact) mass is 433 g/mol. The summed E-state index contributed by atoms with van der Waals surface area (Å²) in [6.45, 7) is 7.72. The molecule has 1 rings (SSSR count). The SMILES string of the molecule is CN=C(NCCC(=O)Nc1ccc(C)cn1)NCCC(C)C.I. The van der Waals surface area contributed by atoms with Crippen LogP contribution in [0.5, 0.6) is 0 Å². The molecule has 0 radical (unpaired) electrons. The van der Waals surface area contributed by atoms with Crippen LogP contribution >= 0.6 is 24.0 Å². The molecule has 0 saturated heterocycles. The van der Waals surface area contributed by atoms with Gasteiger partial charge in [0.05, 0.1) is 0 Å². The van der Waals surface area contributed by atoms with Crippen LogP contribution in [-0.2, 0) is 4.79 Å². The molecule has 0 aromatic carbocycles. The molecule has 0 bridgehead atoms. The molecule has 0 fully saturated rings. The van der Waals surface area contributed by atoms with Crippen LogP contribution in [0.1, 0.15) is 32.3 Å². The van der Waals surface area contributed by atoms with Gasteiger partial charge in [0.25, 0.3) is 0 Å². The predicted octanol–water partition coefficient (Wildman–Crippen LogP) is 2.55. The Balaban J connectivity index is 0.00000484. The van der Waals surface area contributed by atoms with Crippen LogP contribution in [-0.4, -0.2) is 37.0 Å². The average molecular weight is 433 g/mol. The molecule has 0 unspecified atom stereocenters. The van der Waals surface area contributed by atoms with Crippen molar-refractivity contribution in [3.05, 3.63) is 23.9 Å². The fourth-order valence-electron chi connectivity index (χ4n) is 1.74. The number of aliphatic imine (C=N–C) groups is 1. The number of carbonyl (C=O) groups is 1. The van der Waals surface area contributed by atoms with E-state index in [2.05, 4.69) is 39.8 Å². The Morgan fingerprint density at radius 1 is 1.26 bits per heavy atom. The van der Waals surface area contributed by atoms with Gasteiger partial charge in [-0.3, -0.25) is 9.79 Å². The van der Waals surface area contributed by atoms with Gasteiger partial charge in [-0.2, -0.15) is 0 Å². The molecule has 1 heterocycles. The molecular weight excluding hydrogens is 405 g/mol. The van der Waals surface area contributed by atoms with Crippen molar-refractivity contribution in [3.63, 3.8) is 0 Å². The summed E-state index contributed by atoms with van der Waals surface area (Å²) in [5.41, 5.74) is 1.07. The zero-order chi connectivity index (χ0) is 16.4. The van der Waals surface area contributed by atoms with Crippen LogP contribution in [0.15, 0.2) is 23.3 Å². The molecule has 0 aliphatic rings. The third-order valence-electron chi connectivity index (χ3n) is 3.06. The first-order valence-corrected chi connectivity index (χ1v) is 7.68. The molecule has 1 aromatic heterocycles. The summed E-state index contributed by atoms with van der Waals surface area (Å²) < 4.78 is 0. The molecule has 130 valence electrons. The van der Waals surface area contributed by atoms with Gasteiger partial charge in [0.1, 0.15) is 5.82 Å². The maximum atomic E-state index is 11.8. The van der Waals surface area contributed by atoms with Gasteiger partial charge in [0, 0.05) is 32.8 Å². The highest BCUT2D eigenvalue weighted by Gasteiger charge is 2.04. The van der Waals surface area contributed by atoms with Crippen molar-refractivity contribution in [1.82, 2.24) is 15.6 Å². The molecule has 7 heteroatoms. The molecule has 0 saturated carbocycles. The third kappa shape index (κ3) is 10.1. The fraction of sp³-hybridized carbons (Fsp3) is 0.562. The Kier molecular flexibility index (Phi) is 11.4. The molecule has 0 spiro atoms. The minimum atomic E-state index is -0.0681.